The molecule has 0 aliphatic rings. The van der Waals surface area contributed by atoms with Crippen molar-refractivity contribution in [1.29, 1.82) is 0 Å². The van der Waals surface area contributed by atoms with Crippen molar-refractivity contribution in [2.24, 2.45) is 5.92 Å². The summed E-state index contributed by atoms with van der Waals surface area (Å²) in [5.74, 6) is 1.89. The van der Waals surface area contributed by atoms with Crippen LogP contribution >= 0.6 is 27.7 Å². The van der Waals surface area contributed by atoms with E-state index in [-0.39, 0.29) is 0 Å². The van der Waals surface area contributed by atoms with E-state index < -0.39 is 6.10 Å². The Balaban J connectivity index is 2.68. The summed E-state index contributed by atoms with van der Waals surface area (Å²) < 4.78 is 1.08. The lowest BCUT2D eigenvalue weighted by Gasteiger charge is -2.11. The second-order valence-electron chi connectivity index (χ2n) is 4.19. The molecule has 0 saturated heterocycles. The van der Waals surface area contributed by atoms with E-state index >= 15 is 0 Å². The van der Waals surface area contributed by atoms with Crippen molar-refractivity contribution in [1.82, 2.24) is 0 Å². The van der Waals surface area contributed by atoms with Gasteiger partial charge in [-0.2, -0.15) is 0 Å². The SMILES string of the molecule is CCC(C)CSc1ccc(C(C)O)cc1Br. The van der Waals surface area contributed by atoms with Crippen molar-refractivity contribution in [3.63, 3.8) is 0 Å². The van der Waals surface area contributed by atoms with Gasteiger partial charge in [0.1, 0.15) is 0 Å². The predicted octanol–water partition coefficient (Wildman–Crippen LogP) is 4.64. The van der Waals surface area contributed by atoms with Crippen LogP contribution in [0.25, 0.3) is 0 Å². The van der Waals surface area contributed by atoms with Gasteiger partial charge >= 0.3 is 0 Å². The number of hydrogen-bond acceptors (Lipinski definition) is 2. The van der Waals surface area contributed by atoms with E-state index in [0.717, 1.165) is 21.7 Å². The molecule has 0 bridgehead atoms. The molecule has 0 aliphatic carbocycles. The van der Waals surface area contributed by atoms with Crippen molar-refractivity contribution in [2.45, 2.75) is 38.2 Å². The first kappa shape index (κ1) is 14.1. The molecule has 1 nitrogen and oxygen atoms in total. The van der Waals surface area contributed by atoms with Crippen molar-refractivity contribution in [3.8, 4) is 0 Å². The molecule has 1 rings (SSSR count). The third-order valence-electron chi connectivity index (χ3n) is 2.66. The lowest BCUT2D eigenvalue weighted by atomic mass is 10.1. The van der Waals surface area contributed by atoms with E-state index in [1.165, 1.54) is 11.3 Å². The van der Waals surface area contributed by atoms with Crippen LogP contribution in [0, 0.1) is 5.92 Å². The van der Waals surface area contributed by atoms with Gasteiger partial charge in [0.15, 0.2) is 0 Å². The first-order valence-electron chi connectivity index (χ1n) is 5.64. The molecule has 1 aromatic rings. The zero-order valence-corrected chi connectivity index (χ0v) is 12.4. The summed E-state index contributed by atoms with van der Waals surface area (Å²) in [5.41, 5.74) is 0.958. The number of hydrogen-bond donors (Lipinski definition) is 1. The molecule has 2 atom stereocenters. The Kier molecular flexibility index (Phi) is 5.87. The summed E-state index contributed by atoms with van der Waals surface area (Å²) in [5, 5.41) is 9.47. The molecule has 0 saturated carbocycles. The number of thioether (sulfide) groups is 1. The van der Waals surface area contributed by atoms with Gasteiger partial charge in [-0.05, 0) is 46.5 Å². The maximum Gasteiger partial charge on any atom is 0.0762 e. The third-order valence-corrected chi connectivity index (χ3v) is 4.98. The first-order valence-corrected chi connectivity index (χ1v) is 7.42. The molecule has 0 spiro atoms. The van der Waals surface area contributed by atoms with Gasteiger partial charge in [0, 0.05) is 15.1 Å². The third kappa shape index (κ3) is 4.11. The molecule has 0 fully saturated rings. The minimum absolute atomic E-state index is 0.398. The molecule has 0 radical (unpaired) electrons. The lowest BCUT2D eigenvalue weighted by molar-refractivity contribution is 0.199. The normalized spacial score (nSPS) is 14.8. The molecule has 2 unspecified atom stereocenters. The van der Waals surface area contributed by atoms with Crippen LogP contribution in [0.2, 0.25) is 0 Å². The molecule has 0 aromatic heterocycles. The Morgan fingerprint density at radius 3 is 2.56 bits per heavy atom. The minimum atomic E-state index is -0.398. The number of benzene rings is 1. The van der Waals surface area contributed by atoms with Crippen LogP contribution in [0.15, 0.2) is 27.6 Å². The van der Waals surface area contributed by atoms with Gasteiger partial charge in [0.2, 0.25) is 0 Å². The maximum atomic E-state index is 9.47. The quantitative estimate of drug-likeness (QED) is 0.800. The highest BCUT2D eigenvalue weighted by Gasteiger charge is 2.07. The Hall–Kier alpha value is 0.01000. The van der Waals surface area contributed by atoms with Crippen LogP contribution in [-0.2, 0) is 0 Å². The molecular weight excluding hydrogens is 284 g/mol. The fourth-order valence-corrected chi connectivity index (χ4v) is 3.04. The maximum absolute atomic E-state index is 9.47. The largest absolute Gasteiger partial charge is 0.389 e. The van der Waals surface area contributed by atoms with Crippen LogP contribution in [0.5, 0.6) is 0 Å². The summed E-state index contributed by atoms with van der Waals surface area (Å²) in [4.78, 5) is 1.25. The van der Waals surface area contributed by atoms with Gasteiger partial charge in [-0.3, -0.25) is 0 Å². The molecule has 0 heterocycles. The number of aliphatic hydroxyl groups is 1. The van der Waals surface area contributed by atoms with Gasteiger partial charge in [-0.1, -0.05) is 26.3 Å². The fraction of sp³-hybridized carbons (Fsp3) is 0.538. The number of halogens is 1. The van der Waals surface area contributed by atoms with Crippen molar-refractivity contribution < 1.29 is 5.11 Å². The molecule has 1 aromatic carbocycles. The molecule has 1 N–H and O–H groups in total. The Bertz CT molecular complexity index is 339. The molecular formula is C13H19BrOS. The van der Waals surface area contributed by atoms with Crippen molar-refractivity contribution in [3.05, 3.63) is 28.2 Å². The van der Waals surface area contributed by atoms with Crippen LogP contribution in [-0.4, -0.2) is 10.9 Å². The van der Waals surface area contributed by atoms with E-state index in [1.54, 1.807) is 6.92 Å². The lowest BCUT2D eigenvalue weighted by Crippen LogP contribution is -1.96. The van der Waals surface area contributed by atoms with Crippen LogP contribution < -0.4 is 0 Å². The highest BCUT2D eigenvalue weighted by Crippen LogP contribution is 2.31. The zero-order valence-electron chi connectivity index (χ0n) is 10.0. The Labute approximate surface area is 111 Å². The van der Waals surface area contributed by atoms with Crippen LogP contribution in [0.3, 0.4) is 0 Å². The van der Waals surface area contributed by atoms with Gasteiger partial charge in [-0.15, -0.1) is 11.8 Å². The summed E-state index contributed by atoms with van der Waals surface area (Å²) in [6.45, 7) is 6.27. The highest BCUT2D eigenvalue weighted by molar-refractivity contribution is 9.10. The van der Waals surface area contributed by atoms with Gasteiger partial charge in [0.25, 0.3) is 0 Å². The Morgan fingerprint density at radius 2 is 2.06 bits per heavy atom. The van der Waals surface area contributed by atoms with E-state index in [4.69, 9.17) is 0 Å². The van der Waals surface area contributed by atoms with Gasteiger partial charge < -0.3 is 5.11 Å². The van der Waals surface area contributed by atoms with E-state index in [2.05, 4.69) is 35.8 Å². The average Bonchev–Trinajstić information content (AvgIpc) is 2.26. The summed E-state index contributed by atoms with van der Waals surface area (Å²) in [6, 6.07) is 6.08. The van der Waals surface area contributed by atoms with Gasteiger partial charge in [-0.25, -0.2) is 0 Å². The van der Waals surface area contributed by atoms with E-state index in [9.17, 15) is 5.11 Å². The van der Waals surface area contributed by atoms with E-state index in [0.29, 0.717) is 0 Å². The standard InChI is InChI=1S/C13H19BrOS/c1-4-9(2)8-16-13-6-5-11(10(3)15)7-12(13)14/h5-7,9-10,15H,4,8H2,1-3H3. The average molecular weight is 303 g/mol. The van der Waals surface area contributed by atoms with Gasteiger partial charge in [0.05, 0.1) is 6.10 Å². The fourth-order valence-electron chi connectivity index (χ4n) is 1.24. The van der Waals surface area contributed by atoms with E-state index in [1.807, 2.05) is 23.9 Å². The number of aliphatic hydroxyl groups excluding tert-OH is 1. The monoisotopic (exact) mass is 302 g/mol. The molecule has 16 heavy (non-hydrogen) atoms. The summed E-state index contributed by atoms with van der Waals surface area (Å²) in [7, 11) is 0. The summed E-state index contributed by atoms with van der Waals surface area (Å²) in [6.07, 6.45) is 0.820. The molecule has 90 valence electrons. The molecule has 0 aliphatic heterocycles. The second-order valence-corrected chi connectivity index (χ2v) is 6.11. The highest BCUT2D eigenvalue weighted by atomic mass is 79.9. The van der Waals surface area contributed by atoms with Crippen LogP contribution in [0.1, 0.15) is 38.9 Å². The second kappa shape index (κ2) is 6.67. The minimum Gasteiger partial charge on any atom is -0.389 e. The molecule has 0 amide bonds. The molecule has 3 heteroatoms. The van der Waals surface area contributed by atoms with Crippen molar-refractivity contribution >= 4 is 27.7 Å². The number of rotatable bonds is 5. The Morgan fingerprint density at radius 1 is 1.38 bits per heavy atom. The smallest absolute Gasteiger partial charge is 0.0762 e. The summed E-state index contributed by atoms with van der Waals surface area (Å²) >= 11 is 5.43. The van der Waals surface area contributed by atoms with Crippen LogP contribution in [0.4, 0.5) is 0 Å². The zero-order chi connectivity index (χ0) is 12.1. The van der Waals surface area contributed by atoms with Crippen molar-refractivity contribution in [2.75, 3.05) is 5.75 Å². The first-order chi connectivity index (χ1) is 7.54. The topological polar surface area (TPSA) is 20.2 Å². The predicted molar refractivity (Wildman–Crippen MR) is 75.0 cm³/mol.